The minimum atomic E-state index is 0.192. The summed E-state index contributed by atoms with van der Waals surface area (Å²) in [5.74, 6) is 2.07. The van der Waals surface area contributed by atoms with Gasteiger partial charge < -0.3 is 4.90 Å². The number of hydrogen-bond acceptors (Lipinski definition) is 4. The zero-order valence-electron chi connectivity index (χ0n) is 15.0. The summed E-state index contributed by atoms with van der Waals surface area (Å²) in [4.78, 5) is 19.0. The van der Waals surface area contributed by atoms with Crippen molar-refractivity contribution in [2.24, 2.45) is 5.92 Å². The summed E-state index contributed by atoms with van der Waals surface area (Å²) in [5, 5.41) is 7.85. The summed E-state index contributed by atoms with van der Waals surface area (Å²) in [6.45, 7) is 6.01. The summed E-state index contributed by atoms with van der Waals surface area (Å²) in [6, 6.07) is 8.32. The number of benzene rings is 1. The highest BCUT2D eigenvalue weighted by atomic mass is 32.2. The van der Waals surface area contributed by atoms with Crippen molar-refractivity contribution in [1.29, 1.82) is 0 Å². The normalized spacial score (nSPS) is 13.8. The van der Waals surface area contributed by atoms with Crippen LogP contribution in [-0.4, -0.2) is 44.8 Å². The highest BCUT2D eigenvalue weighted by Crippen LogP contribution is 2.30. The van der Waals surface area contributed by atoms with Crippen LogP contribution in [-0.2, 0) is 11.2 Å². The van der Waals surface area contributed by atoms with Gasteiger partial charge in [0, 0.05) is 18.7 Å². The maximum absolute atomic E-state index is 12.5. The fourth-order valence-electron chi connectivity index (χ4n) is 2.76. The Morgan fingerprint density at radius 3 is 2.68 bits per heavy atom. The third-order valence-corrected chi connectivity index (χ3v) is 5.28. The SMILES string of the molecule is CCCN(CC1CC1)C(=O)CSc1n[nH]c(-c2ccc(CC)cc2)n1. The lowest BCUT2D eigenvalue weighted by Gasteiger charge is -2.21. The predicted octanol–water partition coefficient (Wildman–Crippen LogP) is 3.77. The molecule has 134 valence electrons. The number of carbonyl (C=O) groups is 1. The van der Waals surface area contributed by atoms with Gasteiger partial charge in [-0.3, -0.25) is 9.89 Å². The average molecular weight is 359 g/mol. The molecule has 0 spiro atoms. The van der Waals surface area contributed by atoms with Gasteiger partial charge in [0.25, 0.3) is 0 Å². The third-order valence-electron chi connectivity index (χ3n) is 4.45. The van der Waals surface area contributed by atoms with Gasteiger partial charge in [0.2, 0.25) is 11.1 Å². The molecule has 1 aliphatic rings. The molecule has 0 unspecified atom stereocenters. The number of nitrogens with one attached hydrogen (secondary N) is 1. The number of aromatic nitrogens is 3. The van der Waals surface area contributed by atoms with Gasteiger partial charge in [-0.2, -0.15) is 0 Å². The van der Waals surface area contributed by atoms with E-state index in [0.29, 0.717) is 10.9 Å². The Bertz CT molecular complexity index is 694. The third kappa shape index (κ3) is 5.08. The predicted molar refractivity (Wildman–Crippen MR) is 102 cm³/mol. The molecule has 0 atom stereocenters. The zero-order chi connectivity index (χ0) is 17.6. The molecule has 1 aromatic carbocycles. The number of amides is 1. The van der Waals surface area contributed by atoms with Crippen molar-refractivity contribution < 1.29 is 4.79 Å². The number of aromatic amines is 1. The van der Waals surface area contributed by atoms with Crippen LogP contribution in [0, 0.1) is 5.92 Å². The van der Waals surface area contributed by atoms with Crippen LogP contribution < -0.4 is 0 Å². The van der Waals surface area contributed by atoms with E-state index < -0.39 is 0 Å². The van der Waals surface area contributed by atoms with Crippen LogP contribution in [0.3, 0.4) is 0 Å². The van der Waals surface area contributed by atoms with Crippen molar-refractivity contribution in [1.82, 2.24) is 20.1 Å². The Morgan fingerprint density at radius 1 is 1.28 bits per heavy atom. The molecule has 0 radical (unpaired) electrons. The lowest BCUT2D eigenvalue weighted by molar-refractivity contribution is -0.128. The highest BCUT2D eigenvalue weighted by Gasteiger charge is 2.26. The van der Waals surface area contributed by atoms with Crippen LogP contribution in [0.1, 0.15) is 38.7 Å². The molecule has 1 amide bonds. The number of thioether (sulfide) groups is 1. The van der Waals surface area contributed by atoms with E-state index in [1.807, 2.05) is 4.90 Å². The van der Waals surface area contributed by atoms with Gasteiger partial charge in [0.15, 0.2) is 5.82 Å². The van der Waals surface area contributed by atoms with Gasteiger partial charge in [-0.05, 0) is 37.2 Å². The van der Waals surface area contributed by atoms with Crippen LogP contribution in [0.4, 0.5) is 0 Å². The Morgan fingerprint density at radius 2 is 2.04 bits per heavy atom. The molecule has 6 heteroatoms. The number of hydrogen-bond donors (Lipinski definition) is 1. The second kappa shape index (κ2) is 8.52. The quantitative estimate of drug-likeness (QED) is 0.693. The first-order valence-electron chi connectivity index (χ1n) is 9.11. The van der Waals surface area contributed by atoms with Crippen molar-refractivity contribution in [3.8, 4) is 11.4 Å². The number of rotatable bonds is 9. The van der Waals surface area contributed by atoms with Crippen molar-refractivity contribution in [2.45, 2.75) is 44.7 Å². The molecular weight excluding hydrogens is 332 g/mol. The monoisotopic (exact) mass is 358 g/mol. The van der Waals surface area contributed by atoms with Crippen molar-refractivity contribution >= 4 is 17.7 Å². The Labute approximate surface area is 153 Å². The van der Waals surface area contributed by atoms with Crippen LogP contribution in [0.2, 0.25) is 0 Å². The topological polar surface area (TPSA) is 61.9 Å². The fourth-order valence-corrected chi connectivity index (χ4v) is 3.46. The Balaban J connectivity index is 1.55. The van der Waals surface area contributed by atoms with Crippen molar-refractivity contribution in [3.05, 3.63) is 29.8 Å². The van der Waals surface area contributed by atoms with Crippen LogP contribution in [0.15, 0.2) is 29.4 Å². The van der Waals surface area contributed by atoms with Gasteiger partial charge in [0.05, 0.1) is 5.75 Å². The molecule has 1 heterocycles. The summed E-state index contributed by atoms with van der Waals surface area (Å²) in [6.07, 6.45) is 4.56. The molecule has 3 rings (SSSR count). The van der Waals surface area contributed by atoms with Gasteiger partial charge in [-0.15, -0.1) is 5.10 Å². The minimum absolute atomic E-state index is 0.192. The van der Waals surface area contributed by atoms with Crippen molar-refractivity contribution in [3.63, 3.8) is 0 Å². The molecule has 2 aromatic rings. The number of H-pyrrole nitrogens is 1. The molecule has 1 saturated carbocycles. The highest BCUT2D eigenvalue weighted by molar-refractivity contribution is 7.99. The van der Waals surface area contributed by atoms with Crippen LogP contribution in [0.5, 0.6) is 0 Å². The first-order valence-corrected chi connectivity index (χ1v) is 10.1. The Hall–Kier alpha value is -1.82. The van der Waals surface area contributed by atoms with Gasteiger partial charge in [-0.1, -0.05) is 49.9 Å². The summed E-state index contributed by atoms with van der Waals surface area (Å²) >= 11 is 1.41. The van der Waals surface area contributed by atoms with E-state index in [2.05, 4.69) is 53.3 Å². The summed E-state index contributed by atoms with van der Waals surface area (Å²) < 4.78 is 0. The largest absolute Gasteiger partial charge is 0.342 e. The molecule has 1 fully saturated rings. The molecule has 1 N–H and O–H groups in total. The molecule has 0 saturated heterocycles. The smallest absolute Gasteiger partial charge is 0.233 e. The molecule has 0 bridgehead atoms. The van der Waals surface area contributed by atoms with E-state index in [1.54, 1.807) is 0 Å². The van der Waals surface area contributed by atoms with E-state index in [1.165, 1.54) is 30.2 Å². The van der Waals surface area contributed by atoms with Crippen LogP contribution >= 0.6 is 11.8 Å². The van der Waals surface area contributed by atoms with Gasteiger partial charge in [-0.25, -0.2) is 4.98 Å². The first kappa shape index (κ1) is 18.0. The number of carbonyl (C=O) groups excluding carboxylic acids is 1. The standard InChI is InChI=1S/C19H26N4OS/c1-3-11-23(12-15-5-6-15)17(24)13-25-19-20-18(21-22-19)16-9-7-14(4-2)8-10-16/h7-10,15H,3-6,11-13H2,1-2H3,(H,20,21,22). The molecule has 25 heavy (non-hydrogen) atoms. The van der Waals surface area contributed by atoms with Crippen LogP contribution in [0.25, 0.3) is 11.4 Å². The second-order valence-corrected chi connectivity index (χ2v) is 7.53. The van der Waals surface area contributed by atoms with Crippen molar-refractivity contribution in [2.75, 3.05) is 18.8 Å². The van der Waals surface area contributed by atoms with E-state index in [0.717, 1.165) is 43.2 Å². The van der Waals surface area contributed by atoms with E-state index in [4.69, 9.17) is 0 Å². The molecule has 1 aromatic heterocycles. The summed E-state index contributed by atoms with van der Waals surface area (Å²) in [5.41, 5.74) is 2.32. The lowest BCUT2D eigenvalue weighted by Crippen LogP contribution is -2.34. The zero-order valence-corrected chi connectivity index (χ0v) is 15.8. The minimum Gasteiger partial charge on any atom is -0.342 e. The van der Waals surface area contributed by atoms with E-state index in [9.17, 15) is 4.79 Å². The van der Waals surface area contributed by atoms with E-state index in [-0.39, 0.29) is 5.91 Å². The lowest BCUT2D eigenvalue weighted by atomic mass is 10.1. The molecular formula is C19H26N4OS. The molecule has 1 aliphatic carbocycles. The molecule has 0 aliphatic heterocycles. The van der Waals surface area contributed by atoms with Gasteiger partial charge in [0.1, 0.15) is 0 Å². The van der Waals surface area contributed by atoms with E-state index >= 15 is 0 Å². The maximum atomic E-state index is 12.5. The average Bonchev–Trinajstić information content (AvgIpc) is 3.33. The number of nitrogens with zero attached hydrogens (tertiary/aromatic N) is 3. The number of aryl methyl sites for hydroxylation is 1. The van der Waals surface area contributed by atoms with Gasteiger partial charge >= 0.3 is 0 Å². The summed E-state index contributed by atoms with van der Waals surface area (Å²) in [7, 11) is 0. The molecule has 5 nitrogen and oxygen atoms in total. The Kier molecular flexibility index (Phi) is 6.13. The second-order valence-electron chi connectivity index (χ2n) is 6.59. The fraction of sp³-hybridized carbons (Fsp3) is 0.526. The maximum Gasteiger partial charge on any atom is 0.233 e. The first-order chi connectivity index (χ1) is 12.2.